The average molecular weight is 203 g/mol. The average Bonchev–Trinajstić information content (AvgIpc) is 2.27. The summed E-state index contributed by atoms with van der Waals surface area (Å²) in [6.45, 7) is 1.94. The quantitative estimate of drug-likeness (QED) is 0.812. The van der Waals surface area contributed by atoms with E-state index < -0.39 is 0 Å². The van der Waals surface area contributed by atoms with Crippen molar-refractivity contribution in [3.8, 4) is 5.75 Å². The molecule has 2 aromatic rings. The van der Waals surface area contributed by atoms with Gasteiger partial charge in [0.25, 0.3) is 0 Å². The number of nitrogens with zero attached hydrogens (tertiary/aromatic N) is 1. The van der Waals surface area contributed by atoms with Crippen LogP contribution in [0.15, 0.2) is 24.3 Å². The van der Waals surface area contributed by atoms with E-state index in [1.54, 1.807) is 7.11 Å². The zero-order valence-corrected chi connectivity index (χ0v) is 8.82. The Morgan fingerprint density at radius 3 is 2.80 bits per heavy atom. The number of aliphatic hydroxyl groups excluding tert-OH is 1. The maximum Gasteiger partial charge on any atom is 0.119 e. The molecule has 0 fully saturated rings. The predicted molar refractivity (Wildman–Crippen MR) is 59.0 cm³/mol. The number of aromatic nitrogens is 1. The van der Waals surface area contributed by atoms with E-state index in [0.717, 1.165) is 27.9 Å². The van der Waals surface area contributed by atoms with Gasteiger partial charge in [-0.2, -0.15) is 0 Å². The van der Waals surface area contributed by atoms with Crippen LogP contribution in [0.2, 0.25) is 0 Å². The van der Waals surface area contributed by atoms with Crippen molar-refractivity contribution in [1.29, 1.82) is 0 Å². The topological polar surface area (TPSA) is 42.4 Å². The van der Waals surface area contributed by atoms with Crippen molar-refractivity contribution < 1.29 is 9.84 Å². The summed E-state index contributed by atoms with van der Waals surface area (Å²) in [4.78, 5) is 4.39. The first-order valence-electron chi connectivity index (χ1n) is 4.79. The maximum atomic E-state index is 9.26. The van der Waals surface area contributed by atoms with Crippen molar-refractivity contribution in [2.45, 2.75) is 13.5 Å². The first-order chi connectivity index (χ1) is 7.24. The molecule has 0 saturated carbocycles. The van der Waals surface area contributed by atoms with E-state index in [0.29, 0.717) is 0 Å². The second-order valence-electron chi connectivity index (χ2n) is 3.46. The molecule has 0 atom stereocenters. The fourth-order valence-electron chi connectivity index (χ4n) is 1.68. The minimum atomic E-state index is 0.0209. The number of pyridine rings is 1. The highest BCUT2D eigenvalue weighted by Gasteiger charge is 2.04. The Labute approximate surface area is 88.3 Å². The van der Waals surface area contributed by atoms with Gasteiger partial charge in [-0.25, -0.2) is 0 Å². The van der Waals surface area contributed by atoms with E-state index in [-0.39, 0.29) is 6.61 Å². The van der Waals surface area contributed by atoms with Crippen LogP contribution in [0, 0.1) is 6.92 Å². The van der Waals surface area contributed by atoms with Crippen LogP contribution in [0.1, 0.15) is 11.3 Å². The predicted octanol–water partition coefficient (Wildman–Crippen LogP) is 2.04. The highest BCUT2D eigenvalue weighted by molar-refractivity contribution is 5.83. The third kappa shape index (κ3) is 1.78. The van der Waals surface area contributed by atoms with Gasteiger partial charge in [0.1, 0.15) is 5.75 Å². The van der Waals surface area contributed by atoms with Gasteiger partial charge in [0.05, 0.1) is 19.2 Å². The lowest BCUT2D eigenvalue weighted by Crippen LogP contribution is -1.92. The normalized spacial score (nSPS) is 10.6. The number of aliphatic hydroxyl groups is 1. The van der Waals surface area contributed by atoms with Crippen LogP contribution >= 0.6 is 0 Å². The number of hydrogen-bond donors (Lipinski definition) is 1. The molecule has 0 amide bonds. The monoisotopic (exact) mass is 203 g/mol. The molecular weight excluding hydrogens is 190 g/mol. The molecule has 0 spiro atoms. The van der Waals surface area contributed by atoms with Crippen molar-refractivity contribution in [3.05, 3.63) is 35.5 Å². The van der Waals surface area contributed by atoms with Gasteiger partial charge >= 0.3 is 0 Å². The number of methoxy groups -OCH3 is 1. The van der Waals surface area contributed by atoms with Crippen LogP contribution in [0.3, 0.4) is 0 Å². The number of benzene rings is 1. The fourth-order valence-corrected chi connectivity index (χ4v) is 1.68. The van der Waals surface area contributed by atoms with Gasteiger partial charge in [0.2, 0.25) is 0 Å². The third-order valence-electron chi connectivity index (χ3n) is 2.40. The third-order valence-corrected chi connectivity index (χ3v) is 2.40. The first-order valence-corrected chi connectivity index (χ1v) is 4.79. The Morgan fingerprint density at radius 2 is 2.13 bits per heavy atom. The standard InChI is InChI=1S/C12H13NO2/c1-8-5-9(7-14)11-6-10(15-2)3-4-12(11)13-8/h3-6,14H,7H2,1-2H3. The molecule has 1 heterocycles. The van der Waals surface area contributed by atoms with Gasteiger partial charge in [0.15, 0.2) is 0 Å². The first kappa shape index (κ1) is 9.93. The molecule has 0 radical (unpaired) electrons. The van der Waals surface area contributed by atoms with Crippen molar-refractivity contribution in [2.24, 2.45) is 0 Å². The van der Waals surface area contributed by atoms with E-state index >= 15 is 0 Å². The van der Waals surface area contributed by atoms with Gasteiger partial charge in [-0.3, -0.25) is 4.98 Å². The smallest absolute Gasteiger partial charge is 0.119 e. The minimum absolute atomic E-state index is 0.0209. The summed E-state index contributed by atoms with van der Waals surface area (Å²) < 4.78 is 5.14. The number of hydrogen-bond acceptors (Lipinski definition) is 3. The van der Waals surface area contributed by atoms with E-state index in [9.17, 15) is 5.11 Å². The zero-order chi connectivity index (χ0) is 10.8. The van der Waals surface area contributed by atoms with E-state index in [1.165, 1.54) is 0 Å². The molecule has 0 saturated heterocycles. The molecule has 2 rings (SSSR count). The van der Waals surface area contributed by atoms with Gasteiger partial charge in [0, 0.05) is 11.1 Å². The SMILES string of the molecule is COc1ccc2nc(C)cc(CO)c2c1. The summed E-state index contributed by atoms with van der Waals surface area (Å²) >= 11 is 0. The van der Waals surface area contributed by atoms with Crippen LogP contribution in [0.25, 0.3) is 10.9 Å². The van der Waals surface area contributed by atoms with Crippen LogP contribution in [-0.2, 0) is 6.61 Å². The summed E-state index contributed by atoms with van der Waals surface area (Å²) in [5.74, 6) is 0.780. The second kappa shape index (κ2) is 3.87. The molecule has 1 aromatic heterocycles. The summed E-state index contributed by atoms with van der Waals surface area (Å²) in [5, 5.41) is 10.2. The summed E-state index contributed by atoms with van der Waals surface area (Å²) in [6.07, 6.45) is 0. The Morgan fingerprint density at radius 1 is 1.33 bits per heavy atom. The van der Waals surface area contributed by atoms with E-state index in [2.05, 4.69) is 4.98 Å². The van der Waals surface area contributed by atoms with Crippen molar-refractivity contribution >= 4 is 10.9 Å². The molecule has 0 unspecified atom stereocenters. The second-order valence-corrected chi connectivity index (χ2v) is 3.46. The maximum absolute atomic E-state index is 9.26. The molecule has 0 bridgehead atoms. The van der Waals surface area contributed by atoms with Gasteiger partial charge in [-0.1, -0.05) is 0 Å². The Hall–Kier alpha value is -1.61. The fraction of sp³-hybridized carbons (Fsp3) is 0.250. The van der Waals surface area contributed by atoms with Crippen LogP contribution in [0.4, 0.5) is 0 Å². The lowest BCUT2D eigenvalue weighted by Gasteiger charge is -2.07. The van der Waals surface area contributed by atoms with Crippen LogP contribution in [0.5, 0.6) is 5.75 Å². The van der Waals surface area contributed by atoms with Crippen molar-refractivity contribution in [1.82, 2.24) is 4.98 Å². The number of fused-ring (bicyclic) bond motifs is 1. The van der Waals surface area contributed by atoms with E-state index in [1.807, 2.05) is 31.2 Å². The number of ether oxygens (including phenoxy) is 1. The molecule has 15 heavy (non-hydrogen) atoms. The molecule has 1 N–H and O–H groups in total. The van der Waals surface area contributed by atoms with Gasteiger partial charge in [-0.05, 0) is 36.8 Å². The molecule has 0 aliphatic carbocycles. The minimum Gasteiger partial charge on any atom is -0.497 e. The molecule has 3 nitrogen and oxygen atoms in total. The molecule has 78 valence electrons. The van der Waals surface area contributed by atoms with Gasteiger partial charge < -0.3 is 9.84 Å². The Balaban J connectivity index is 2.73. The van der Waals surface area contributed by atoms with Gasteiger partial charge in [-0.15, -0.1) is 0 Å². The highest BCUT2D eigenvalue weighted by Crippen LogP contribution is 2.23. The molecule has 0 aliphatic heterocycles. The lowest BCUT2D eigenvalue weighted by atomic mass is 10.1. The molecule has 1 aromatic carbocycles. The van der Waals surface area contributed by atoms with Crippen molar-refractivity contribution in [3.63, 3.8) is 0 Å². The zero-order valence-electron chi connectivity index (χ0n) is 8.82. The summed E-state index contributed by atoms with van der Waals surface area (Å²) in [7, 11) is 1.63. The largest absolute Gasteiger partial charge is 0.497 e. The summed E-state index contributed by atoms with van der Waals surface area (Å²) in [6, 6.07) is 7.56. The lowest BCUT2D eigenvalue weighted by molar-refractivity contribution is 0.283. The van der Waals surface area contributed by atoms with Crippen LogP contribution in [-0.4, -0.2) is 17.2 Å². The van der Waals surface area contributed by atoms with Crippen LogP contribution < -0.4 is 4.74 Å². The number of rotatable bonds is 2. The number of aryl methyl sites for hydroxylation is 1. The Bertz CT molecular complexity index is 494. The summed E-state index contributed by atoms with van der Waals surface area (Å²) in [5.41, 5.74) is 2.69. The molecule has 0 aliphatic rings. The van der Waals surface area contributed by atoms with Crippen molar-refractivity contribution in [2.75, 3.05) is 7.11 Å². The highest BCUT2D eigenvalue weighted by atomic mass is 16.5. The molecule has 3 heteroatoms. The van der Waals surface area contributed by atoms with E-state index in [4.69, 9.17) is 4.74 Å². The molecular formula is C12H13NO2. The Kier molecular flexibility index (Phi) is 2.56.